The lowest BCUT2D eigenvalue weighted by Crippen LogP contribution is -2.58. The molecule has 8 heteroatoms. The Morgan fingerprint density at radius 1 is 1.15 bits per heavy atom. The summed E-state index contributed by atoms with van der Waals surface area (Å²) in [5.74, 6) is 0.698. The van der Waals surface area contributed by atoms with E-state index in [1.165, 1.54) is 11.6 Å². The van der Waals surface area contributed by atoms with Gasteiger partial charge in [0, 0.05) is 45.4 Å². The smallest absolute Gasteiger partial charge is 0.193 e. The van der Waals surface area contributed by atoms with E-state index in [0.29, 0.717) is 13.2 Å². The van der Waals surface area contributed by atoms with Crippen molar-refractivity contribution in [2.75, 3.05) is 47.0 Å². The molecule has 2 aromatic rings. The largest absolute Gasteiger partial charge is 0.489 e. The highest BCUT2D eigenvalue weighted by atomic mass is 127. The topological polar surface area (TPSA) is 58.1 Å². The van der Waals surface area contributed by atoms with E-state index >= 15 is 0 Å². The van der Waals surface area contributed by atoms with Crippen LogP contribution in [0.5, 0.6) is 5.75 Å². The monoisotopic (exact) mass is 570 g/mol. The van der Waals surface area contributed by atoms with E-state index < -0.39 is 0 Å². The van der Waals surface area contributed by atoms with Crippen molar-refractivity contribution in [1.29, 1.82) is 0 Å². The number of likely N-dealkylation sites (N-methyl/N-ethyl adjacent to an activating group) is 1. The Labute approximate surface area is 214 Å². The zero-order valence-corrected chi connectivity index (χ0v) is 22.1. The number of rotatable bonds is 9. The Kier molecular flexibility index (Phi) is 11.4. The summed E-state index contributed by atoms with van der Waals surface area (Å²) in [6.45, 7) is 5.35. The summed E-state index contributed by atoms with van der Waals surface area (Å²) in [4.78, 5) is 6.42. The molecule has 1 aliphatic heterocycles. The van der Waals surface area contributed by atoms with E-state index in [1.807, 2.05) is 18.0 Å². The maximum Gasteiger partial charge on any atom is 0.193 e. The summed E-state index contributed by atoms with van der Waals surface area (Å²) < 4.78 is 25.0. The first kappa shape index (κ1) is 27.3. The normalized spacial score (nSPS) is 16.4. The van der Waals surface area contributed by atoms with Crippen molar-refractivity contribution in [3.05, 3.63) is 66.0 Å². The van der Waals surface area contributed by atoms with Gasteiger partial charge in [-0.05, 0) is 37.5 Å². The minimum atomic E-state index is -0.349. The van der Waals surface area contributed by atoms with E-state index in [2.05, 4.69) is 46.8 Å². The third kappa shape index (κ3) is 8.12. The number of para-hydroxylation sites is 1. The average molecular weight is 570 g/mol. The van der Waals surface area contributed by atoms with Gasteiger partial charge in [-0.2, -0.15) is 0 Å². The average Bonchev–Trinajstić information content (AvgIpc) is 2.82. The number of hydrogen-bond donors (Lipinski definition) is 2. The summed E-state index contributed by atoms with van der Waals surface area (Å²) in [7, 11) is 3.73. The minimum Gasteiger partial charge on any atom is -0.489 e. The van der Waals surface area contributed by atoms with Crippen LogP contribution in [0.4, 0.5) is 4.39 Å². The van der Waals surface area contributed by atoms with Gasteiger partial charge in [-0.1, -0.05) is 42.5 Å². The third-order valence-corrected chi connectivity index (χ3v) is 5.95. The lowest BCUT2D eigenvalue weighted by atomic mass is 9.88. The van der Waals surface area contributed by atoms with E-state index in [-0.39, 0.29) is 47.1 Å². The van der Waals surface area contributed by atoms with Crippen molar-refractivity contribution in [2.45, 2.75) is 31.3 Å². The second kappa shape index (κ2) is 13.7. The fourth-order valence-corrected chi connectivity index (χ4v) is 4.01. The summed E-state index contributed by atoms with van der Waals surface area (Å²) in [6, 6.07) is 17.2. The quantitative estimate of drug-likeness (QED) is 0.269. The zero-order chi connectivity index (χ0) is 22.8. The van der Waals surface area contributed by atoms with Crippen LogP contribution in [-0.4, -0.2) is 63.4 Å². The number of nitrogens with zero attached hydrogens (tertiary/aromatic N) is 2. The van der Waals surface area contributed by atoms with Gasteiger partial charge < -0.3 is 25.0 Å². The first-order valence-corrected chi connectivity index (χ1v) is 11.2. The van der Waals surface area contributed by atoms with E-state index in [9.17, 15) is 4.39 Å². The van der Waals surface area contributed by atoms with Crippen molar-refractivity contribution in [2.24, 2.45) is 4.99 Å². The van der Waals surface area contributed by atoms with Gasteiger partial charge in [0.2, 0.25) is 0 Å². The zero-order valence-electron chi connectivity index (χ0n) is 19.7. The lowest BCUT2D eigenvalue weighted by molar-refractivity contribution is 0.0353. The molecule has 182 valence electrons. The van der Waals surface area contributed by atoms with Crippen molar-refractivity contribution in [1.82, 2.24) is 15.5 Å². The molecule has 2 N–H and O–H groups in total. The number of aliphatic imine (C=N–C) groups is 1. The number of nitrogens with one attached hydrogen (secondary N) is 2. The second-order valence-corrected chi connectivity index (χ2v) is 8.27. The summed E-state index contributed by atoms with van der Waals surface area (Å²) in [5, 5.41) is 7.38. The van der Waals surface area contributed by atoms with Crippen molar-refractivity contribution >= 4 is 29.9 Å². The van der Waals surface area contributed by atoms with Crippen LogP contribution < -0.4 is 15.4 Å². The highest BCUT2D eigenvalue weighted by Crippen LogP contribution is 2.25. The number of halogens is 2. The van der Waals surface area contributed by atoms with E-state index in [1.54, 1.807) is 25.2 Å². The van der Waals surface area contributed by atoms with Crippen molar-refractivity contribution < 1.29 is 13.9 Å². The SMILES string of the molecule is CN=C(NCC1(NC(C)c2ccccc2)CCOCC1)N(C)CCOc1ccccc1F.I. The van der Waals surface area contributed by atoms with Gasteiger partial charge in [-0.25, -0.2) is 4.39 Å². The molecule has 0 aromatic heterocycles. The van der Waals surface area contributed by atoms with Gasteiger partial charge in [-0.3, -0.25) is 4.99 Å². The molecule has 3 rings (SSSR count). The summed E-state index contributed by atoms with van der Waals surface area (Å²) in [5.41, 5.74) is 1.18. The highest BCUT2D eigenvalue weighted by molar-refractivity contribution is 14.0. The van der Waals surface area contributed by atoms with Crippen LogP contribution in [0.15, 0.2) is 59.6 Å². The first-order chi connectivity index (χ1) is 15.5. The second-order valence-electron chi connectivity index (χ2n) is 8.27. The van der Waals surface area contributed by atoms with E-state index in [0.717, 1.165) is 38.6 Å². The van der Waals surface area contributed by atoms with Gasteiger partial charge in [0.15, 0.2) is 17.5 Å². The summed E-state index contributed by atoms with van der Waals surface area (Å²) in [6.07, 6.45) is 1.85. The molecule has 6 nitrogen and oxygen atoms in total. The molecule has 1 unspecified atom stereocenters. The van der Waals surface area contributed by atoms with Crippen LogP contribution in [-0.2, 0) is 4.74 Å². The van der Waals surface area contributed by atoms with E-state index in [4.69, 9.17) is 9.47 Å². The highest BCUT2D eigenvalue weighted by Gasteiger charge is 2.34. The molecular formula is C25H36FIN4O2. The molecule has 0 aliphatic carbocycles. The Morgan fingerprint density at radius 3 is 2.48 bits per heavy atom. The Bertz CT molecular complexity index is 862. The van der Waals surface area contributed by atoms with Gasteiger partial charge in [0.25, 0.3) is 0 Å². The van der Waals surface area contributed by atoms with Crippen LogP contribution in [0.25, 0.3) is 0 Å². The van der Waals surface area contributed by atoms with Crippen LogP contribution in [0, 0.1) is 5.82 Å². The summed E-state index contributed by atoms with van der Waals surface area (Å²) >= 11 is 0. The van der Waals surface area contributed by atoms with Crippen molar-refractivity contribution in [3.8, 4) is 5.75 Å². The van der Waals surface area contributed by atoms with Crippen LogP contribution in [0.2, 0.25) is 0 Å². The molecule has 2 aromatic carbocycles. The Morgan fingerprint density at radius 2 is 1.82 bits per heavy atom. The van der Waals surface area contributed by atoms with Crippen LogP contribution in [0.1, 0.15) is 31.4 Å². The fourth-order valence-electron chi connectivity index (χ4n) is 4.01. The maximum atomic E-state index is 13.7. The molecule has 0 amide bonds. The third-order valence-electron chi connectivity index (χ3n) is 5.95. The molecule has 0 saturated carbocycles. The fraction of sp³-hybridized carbons (Fsp3) is 0.480. The molecule has 1 saturated heterocycles. The number of benzene rings is 2. The van der Waals surface area contributed by atoms with Crippen molar-refractivity contribution in [3.63, 3.8) is 0 Å². The predicted octanol–water partition coefficient (Wildman–Crippen LogP) is 4.23. The number of ether oxygens (including phenoxy) is 2. The molecule has 1 heterocycles. The van der Waals surface area contributed by atoms with Gasteiger partial charge >= 0.3 is 0 Å². The Hall–Kier alpha value is -1.91. The van der Waals surface area contributed by atoms with Gasteiger partial charge in [0.1, 0.15) is 6.61 Å². The molecule has 1 fully saturated rings. The molecule has 1 aliphatic rings. The Balaban J connectivity index is 0.00000385. The number of hydrogen-bond acceptors (Lipinski definition) is 4. The standard InChI is InChI=1S/C25H35FN4O2.HI/c1-20(21-9-5-4-6-10-21)29-25(13-16-31-17-14-25)19-28-24(27-2)30(3)15-18-32-23-12-8-7-11-22(23)26;/h4-12,20,29H,13-19H2,1-3H3,(H,27,28);1H. The maximum absolute atomic E-state index is 13.7. The predicted molar refractivity (Wildman–Crippen MR) is 142 cm³/mol. The van der Waals surface area contributed by atoms with Gasteiger partial charge in [0.05, 0.1) is 6.54 Å². The number of guanidine groups is 1. The molecule has 0 radical (unpaired) electrons. The molecule has 0 bridgehead atoms. The van der Waals surface area contributed by atoms with Crippen LogP contribution in [0.3, 0.4) is 0 Å². The molecule has 0 spiro atoms. The van der Waals surface area contributed by atoms with Gasteiger partial charge in [-0.15, -0.1) is 24.0 Å². The molecule has 33 heavy (non-hydrogen) atoms. The first-order valence-electron chi connectivity index (χ1n) is 11.2. The molecule has 1 atom stereocenters. The lowest BCUT2D eigenvalue weighted by Gasteiger charge is -2.41. The minimum absolute atomic E-state index is 0. The molecular weight excluding hydrogens is 534 g/mol. The van der Waals surface area contributed by atoms with Crippen LogP contribution >= 0.6 is 24.0 Å².